The quantitative estimate of drug-likeness (QED) is 0.0636. The molecule has 0 fully saturated rings. The number of carbonyl (C=O) groups excluding carboxylic acids is 1. The Morgan fingerprint density at radius 1 is 0.761 bits per heavy atom. The number of H-pyrrole nitrogens is 1. The third-order valence-corrected chi connectivity index (χ3v) is 7.22. The molecule has 0 amide bonds. The predicted molar refractivity (Wildman–Crippen MR) is 189 cm³/mol. The standard InChI is InChI=1S/C19H12N.C17H13N.C5H8O2.Ir/c1-2-7-15(8-3-1)19-18-11-10-14-6-4-5-9-16(14)17(18)12-13-20-19;1-2-13-9-6-10-16-15(13)11-12-18-17(16)14-7-4-3-5-8-14;1-4(6)3-5(2)7;/h1-7,9-13H;2-12H,1H2;3,6H,1-2H3;/q-1;;;/p+2. The Balaban J connectivity index is 0.000000172. The monoisotopic (exact) mass is 780 g/mol. The van der Waals surface area contributed by atoms with Gasteiger partial charge in [0.2, 0.25) is 5.69 Å². The van der Waals surface area contributed by atoms with Crippen molar-refractivity contribution in [3.05, 3.63) is 164 Å². The molecule has 2 aromatic heterocycles. The summed E-state index contributed by atoms with van der Waals surface area (Å²) in [6.45, 7) is 6.87. The van der Waals surface area contributed by atoms with Gasteiger partial charge in [0.25, 0.3) is 0 Å². The number of nitrogens with zero attached hydrogens (tertiary/aromatic N) is 1. The Kier molecular flexibility index (Phi) is 11.9. The van der Waals surface area contributed by atoms with Crippen molar-refractivity contribution in [3.63, 3.8) is 0 Å². The Bertz CT molecular complexity index is 2120. The second-order valence-corrected chi connectivity index (χ2v) is 10.5. The summed E-state index contributed by atoms with van der Waals surface area (Å²) in [6, 6.07) is 44.9. The van der Waals surface area contributed by atoms with Crippen LogP contribution in [-0.2, 0) is 20.1 Å². The number of aromatic amines is 1. The topological polar surface area (TPSA) is 68.7 Å². The number of hydrogen-bond donors (Lipinski definition) is 1. The fourth-order valence-corrected chi connectivity index (χ4v) is 5.29. The van der Waals surface area contributed by atoms with Gasteiger partial charge in [-0.05, 0) is 64.0 Å². The van der Waals surface area contributed by atoms with E-state index < -0.39 is 0 Å². The van der Waals surface area contributed by atoms with E-state index in [0.29, 0.717) is 0 Å². The summed E-state index contributed by atoms with van der Waals surface area (Å²) in [4.78, 5) is 16.3. The molecule has 0 aliphatic carbocycles. The summed E-state index contributed by atoms with van der Waals surface area (Å²) < 4.78 is 0. The molecule has 5 aromatic carbocycles. The van der Waals surface area contributed by atoms with Gasteiger partial charge in [0.15, 0.2) is 6.20 Å². The minimum absolute atomic E-state index is 0. The Morgan fingerprint density at radius 3 is 2.20 bits per heavy atom. The number of allylic oxidation sites excluding steroid dienone is 2. The molecule has 7 aromatic rings. The van der Waals surface area contributed by atoms with Gasteiger partial charge in [-0.25, -0.2) is 4.98 Å². The first-order valence-electron chi connectivity index (χ1n) is 14.7. The van der Waals surface area contributed by atoms with Crippen molar-refractivity contribution < 1.29 is 35.0 Å². The molecule has 4 nitrogen and oxygen atoms in total. The van der Waals surface area contributed by atoms with Gasteiger partial charge in [-0.15, -0.1) is 35.9 Å². The average molecular weight is 780 g/mol. The zero-order chi connectivity index (χ0) is 31.6. The number of hydrogen-bond acceptors (Lipinski definition) is 2. The van der Waals surface area contributed by atoms with Crippen LogP contribution in [0.5, 0.6) is 0 Å². The van der Waals surface area contributed by atoms with Crippen LogP contribution in [0.1, 0.15) is 19.4 Å². The minimum atomic E-state index is 0. The van der Waals surface area contributed by atoms with Gasteiger partial charge in [-0.1, -0.05) is 79.4 Å². The molecule has 0 atom stereocenters. The molecular weight excluding hydrogens is 745 g/mol. The van der Waals surface area contributed by atoms with Crippen LogP contribution >= 0.6 is 0 Å². The largest absolute Gasteiger partial charge is 0.512 e. The third-order valence-electron chi connectivity index (χ3n) is 7.22. The molecule has 229 valence electrons. The third kappa shape index (κ3) is 8.08. The van der Waals surface area contributed by atoms with Crippen molar-refractivity contribution in [2.24, 2.45) is 0 Å². The van der Waals surface area contributed by atoms with E-state index in [1.54, 1.807) is 0 Å². The molecule has 0 spiro atoms. The Labute approximate surface area is 283 Å². The maximum absolute atomic E-state index is 8.40. The molecule has 7 rings (SSSR count). The van der Waals surface area contributed by atoms with Gasteiger partial charge < -0.3 is 10.1 Å². The fourth-order valence-electron chi connectivity index (χ4n) is 5.29. The van der Waals surface area contributed by atoms with E-state index in [1.807, 2.05) is 42.7 Å². The fraction of sp³-hybridized carbons (Fsp3) is 0.0488. The first-order chi connectivity index (χ1) is 22.0. The molecule has 46 heavy (non-hydrogen) atoms. The summed E-state index contributed by atoms with van der Waals surface area (Å²) in [6.07, 6.45) is 7.04. The normalized spacial score (nSPS) is 10.6. The van der Waals surface area contributed by atoms with Crippen LogP contribution in [0.2, 0.25) is 0 Å². The van der Waals surface area contributed by atoms with Crippen molar-refractivity contribution in [1.29, 1.82) is 0 Å². The van der Waals surface area contributed by atoms with E-state index in [4.69, 9.17) is 9.90 Å². The zero-order valence-corrected chi connectivity index (χ0v) is 28.1. The van der Waals surface area contributed by atoms with Crippen molar-refractivity contribution in [1.82, 2.24) is 4.98 Å². The minimum Gasteiger partial charge on any atom is -0.512 e. The van der Waals surface area contributed by atoms with Crippen LogP contribution < -0.4 is 4.98 Å². The smallest absolute Gasteiger partial charge is 0.316 e. The SMILES string of the molecule is C=Cc1cccc2c(-c3ccccc3)[nH+]ccc12.CC(=[OH+])C=C(C)O.[Ir].[c-]1ccccc1-c1nccc2c1ccc1ccccc12. The van der Waals surface area contributed by atoms with E-state index in [1.165, 1.54) is 63.4 Å². The van der Waals surface area contributed by atoms with Gasteiger partial charge in [0.05, 0.1) is 24.1 Å². The number of aliphatic hydroxyl groups is 1. The maximum atomic E-state index is 8.40. The summed E-state index contributed by atoms with van der Waals surface area (Å²) in [5.74, 6) is 0.250. The van der Waals surface area contributed by atoms with Crippen molar-refractivity contribution in [2.75, 3.05) is 0 Å². The Morgan fingerprint density at radius 2 is 1.50 bits per heavy atom. The zero-order valence-electron chi connectivity index (χ0n) is 25.7. The molecular formula is C41H35IrN2O2+. The number of aliphatic hydroxyl groups excluding tert-OH is 1. The number of aromatic nitrogens is 2. The second-order valence-electron chi connectivity index (χ2n) is 10.5. The summed E-state index contributed by atoms with van der Waals surface area (Å²) in [5, 5.41) is 15.8. The number of ketones is 1. The van der Waals surface area contributed by atoms with Gasteiger partial charge in [-0.3, -0.25) is 4.79 Å². The summed E-state index contributed by atoms with van der Waals surface area (Å²) in [7, 11) is 0. The predicted octanol–water partition coefficient (Wildman–Crippen LogP) is 9.83. The van der Waals surface area contributed by atoms with Crippen LogP contribution in [0, 0.1) is 6.07 Å². The molecule has 2 heterocycles. The molecule has 1 radical (unpaired) electrons. The molecule has 0 bridgehead atoms. The maximum Gasteiger partial charge on any atom is 0.316 e. The molecule has 5 heteroatoms. The van der Waals surface area contributed by atoms with E-state index in [-0.39, 0.29) is 31.6 Å². The van der Waals surface area contributed by atoms with Gasteiger partial charge in [-0.2, -0.15) is 0 Å². The van der Waals surface area contributed by atoms with Gasteiger partial charge in [0, 0.05) is 43.3 Å². The number of benzene rings is 5. The van der Waals surface area contributed by atoms with E-state index in [0.717, 1.165) is 17.0 Å². The summed E-state index contributed by atoms with van der Waals surface area (Å²) >= 11 is 0. The first kappa shape index (κ1) is 33.7. The van der Waals surface area contributed by atoms with Crippen LogP contribution in [-0.4, -0.2) is 20.7 Å². The number of rotatable bonds is 4. The number of nitrogens with one attached hydrogen (secondary N) is 1. The van der Waals surface area contributed by atoms with E-state index in [2.05, 4.69) is 120 Å². The van der Waals surface area contributed by atoms with Crippen LogP contribution in [0.3, 0.4) is 0 Å². The van der Waals surface area contributed by atoms with E-state index in [9.17, 15) is 0 Å². The molecule has 0 aliphatic heterocycles. The molecule has 3 N–H and O–H groups in total. The number of pyridine rings is 2. The van der Waals surface area contributed by atoms with Gasteiger partial charge in [0.1, 0.15) is 0 Å². The van der Waals surface area contributed by atoms with E-state index >= 15 is 0 Å². The number of fused-ring (bicyclic) bond motifs is 4. The van der Waals surface area contributed by atoms with Crippen LogP contribution in [0.15, 0.2) is 152 Å². The summed E-state index contributed by atoms with van der Waals surface area (Å²) in [5.41, 5.74) is 5.54. The average Bonchev–Trinajstić information content (AvgIpc) is 3.08. The Hall–Kier alpha value is -5.22. The second kappa shape index (κ2) is 16.2. The molecule has 0 saturated carbocycles. The molecule has 0 saturated heterocycles. The van der Waals surface area contributed by atoms with Crippen molar-refractivity contribution >= 4 is 44.2 Å². The van der Waals surface area contributed by atoms with Crippen molar-refractivity contribution in [2.45, 2.75) is 13.8 Å². The van der Waals surface area contributed by atoms with Gasteiger partial charge >= 0.3 is 5.78 Å². The molecule has 0 aliphatic rings. The van der Waals surface area contributed by atoms with Crippen molar-refractivity contribution in [3.8, 4) is 22.5 Å². The first-order valence-corrected chi connectivity index (χ1v) is 14.7. The molecule has 0 unspecified atom stereocenters. The van der Waals surface area contributed by atoms with Crippen LogP contribution in [0.25, 0.3) is 60.9 Å². The van der Waals surface area contributed by atoms with Crippen LogP contribution in [0.4, 0.5) is 0 Å².